The fraction of sp³-hybridized carbons (Fsp3) is 0.381. The molecule has 0 saturated carbocycles. The fourth-order valence-electron chi connectivity index (χ4n) is 3.92. The topological polar surface area (TPSA) is 33.0 Å². The second-order valence-electron chi connectivity index (χ2n) is 7.00. The number of piperazine rings is 1. The Morgan fingerprint density at radius 1 is 1.12 bits per heavy atom. The molecule has 1 fully saturated rings. The summed E-state index contributed by atoms with van der Waals surface area (Å²) >= 11 is 0. The summed E-state index contributed by atoms with van der Waals surface area (Å²) in [5, 5.41) is 0. The van der Waals surface area contributed by atoms with Gasteiger partial charge in [-0.05, 0) is 38.1 Å². The van der Waals surface area contributed by atoms with Crippen LogP contribution in [0, 0.1) is 6.92 Å². The second kappa shape index (κ2) is 7.00. The number of aryl methyl sites for hydroxylation is 1. The molecule has 0 spiro atoms. The molecule has 136 valence electrons. The number of ether oxygens (including phenoxy) is 1. The van der Waals surface area contributed by atoms with E-state index in [0.717, 1.165) is 37.8 Å². The molecule has 4 rings (SSSR count). The summed E-state index contributed by atoms with van der Waals surface area (Å²) in [4.78, 5) is 9.77. The quantitative estimate of drug-likeness (QED) is 0.722. The van der Waals surface area contributed by atoms with Gasteiger partial charge in [0.1, 0.15) is 11.6 Å². The molecule has 2 aromatic heterocycles. The summed E-state index contributed by atoms with van der Waals surface area (Å²) in [5.41, 5.74) is 3.56. The summed E-state index contributed by atoms with van der Waals surface area (Å²) < 4.78 is 7.71. The van der Waals surface area contributed by atoms with Crippen LogP contribution in [0.15, 0.2) is 48.7 Å². The lowest BCUT2D eigenvalue weighted by molar-refractivity contribution is 0.179. The van der Waals surface area contributed by atoms with Crippen LogP contribution >= 0.6 is 0 Å². The molecule has 5 nitrogen and oxygen atoms in total. The first-order valence-corrected chi connectivity index (χ1v) is 9.22. The molecule has 1 aliphatic heterocycles. The number of aromatic nitrogens is 2. The molecule has 1 aliphatic rings. The van der Waals surface area contributed by atoms with Gasteiger partial charge < -0.3 is 14.0 Å². The molecule has 5 heteroatoms. The van der Waals surface area contributed by atoms with Gasteiger partial charge >= 0.3 is 0 Å². The summed E-state index contributed by atoms with van der Waals surface area (Å²) in [6.07, 6.45) is 2.09. The van der Waals surface area contributed by atoms with E-state index >= 15 is 0 Å². The number of benzene rings is 1. The highest BCUT2D eigenvalue weighted by molar-refractivity contribution is 5.59. The summed E-state index contributed by atoms with van der Waals surface area (Å²) in [6, 6.07) is 15.0. The highest BCUT2D eigenvalue weighted by Gasteiger charge is 2.26. The van der Waals surface area contributed by atoms with E-state index in [1.54, 1.807) is 7.11 Å². The number of para-hydroxylation sites is 2. The monoisotopic (exact) mass is 350 g/mol. The molecular formula is C21H26N4O. The van der Waals surface area contributed by atoms with Gasteiger partial charge in [0.2, 0.25) is 0 Å². The number of methoxy groups -OCH3 is 1. The van der Waals surface area contributed by atoms with Crippen molar-refractivity contribution in [1.82, 2.24) is 14.3 Å². The lowest BCUT2D eigenvalue weighted by atomic mass is 10.1. The molecule has 3 aromatic rings. The molecule has 0 unspecified atom stereocenters. The van der Waals surface area contributed by atoms with Crippen LogP contribution in [0.4, 0.5) is 5.69 Å². The predicted molar refractivity (Wildman–Crippen MR) is 105 cm³/mol. The molecular weight excluding hydrogens is 324 g/mol. The van der Waals surface area contributed by atoms with Gasteiger partial charge in [0.15, 0.2) is 0 Å². The van der Waals surface area contributed by atoms with Gasteiger partial charge in [0.25, 0.3) is 0 Å². The average molecular weight is 350 g/mol. The molecule has 0 bridgehead atoms. The number of anilines is 1. The van der Waals surface area contributed by atoms with Crippen LogP contribution in [0.5, 0.6) is 5.75 Å². The van der Waals surface area contributed by atoms with Gasteiger partial charge in [-0.2, -0.15) is 0 Å². The number of rotatable bonds is 4. The first-order chi connectivity index (χ1) is 12.7. The van der Waals surface area contributed by atoms with Gasteiger partial charge in [-0.15, -0.1) is 0 Å². The highest BCUT2D eigenvalue weighted by Crippen LogP contribution is 2.30. The highest BCUT2D eigenvalue weighted by atomic mass is 16.5. The first-order valence-electron chi connectivity index (χ1n) is 9.22. The third-order valence-corrected chi connectivity index (χ3v) is 5.34. The first kappa shape index (κ1) is 16.9. The van der Waals surface area contributed by atoms with Crippen molar-refractivity contribution in [2.75, 3.05) is 31.6 Å². The van der Waals surface area contributed by atoms with E-state index in [-0.39, 0.29) is 0 Å². The van der Waals surface area contributed by atoms with Gasteiger partial charge in [-0.1, -0.05) is 18.2 Å². The van der Waals surface area contributed by atoms with E-state index in [1.165, 1.54) is 16.9 Å². The molecule has 1 saturated heterocycles. The molecule has 0 amide bonds. The molecule has 0 N–H and O–H groups in total. The maximum atomic E-state index is 5.54. The van der Waals surface area contributed by atoms with Crippen LogP contribution in [0.25, 0.3) is 5.52 Å². The molecule has 1 atom stereocenters. The van der Waals surface area contributed by atoms with Gasteiger partial charge in [0, 0.05) is 38.4 Å². The predicted octanol–water partition coefficient (Wildman–Crippen LogP) is 3.36. The minimum absolute atomic E-state index is 0.453. The Morgan fingerprint density at radius 3 is 2.73 bits per heavy atom. The van der Waals surface area contributed by atoms with Gasteiger partial charge in [-0.25, -0.2) is 4.98 Å². The van der Waals surface area contributed by atoms with Crippen molar-refractivity contribution in [2.24, 2.45) is 0 Å². The zero-order chi connectivity index (χ0) is 18.1. The van der Waals surface area contributed by atoms with Crippen LogP contribution in [-0.4, -0.2) is 47.1 Å². The molecule has 0 aliphatic carbocycles. The van der Waals surface area contributed by atoms with E-state index < -0.39 is 0 Å². The summed E-state index contributed by atoms with van der Waals surface area (Å²) in [6.45, 7) is 8.26. The zero-order valence-corrected chi connectivity index (χ0v) is 15.7. The maximum absolute atomic E-state index is 5.54. The minimum atomic E-state index is 0.453. The van der Waals surface area contributed by atoms with Crippen molar-refractivity contribution in [3.63, 3.8) is 0 Å². The Morgan fingerprint density at radius 2 is 1.92 bits per heavy atom. The largest absolute Gasteiger partial charge is 0.495 e. The Hall–Kier alpha value is -2.53. The van der Waals surface area contributed by atoms with E-state index in [2.05, 4.69) is 64.6 Å². The molecule has 1 aromatic carbocycles. The Balaban J connectivity index is 1.51. The number of hydrogen-bond donors (Lipinski definition) is 0. The Labute approximate surface area is 154 Å². The lowest BCUT2D eigenvalue weighted by Crippen LogP contribution is -2.51. The fourth-order valence-corrected chi connectivity index (χ4v) is 3.92. The van der Waals surface area contributed by atoms with Crippen molar-refractivity contribution in [3.8, 4) is 5.75 Å². The van der Waals surface area contributed by atoms with E-state index in [0.29, 0.717) is 6.04 Å². The number of fused-ring (bicyclic) bond motifs is 1. The van der Waals surface area contributed by atoms with Crippen molar-refractivity contribution in [1.29, 1.82) is 0 Å². The van der Waals surface area contributed by atoms with Crippen molar-refractivity contribution >= 4 is 11.2 Å². The van der Waals surface area contributed by atoms with Crippen LogP contribution in [0.2, 0.25) is 0 Å². The molecule has 0 radical (unpaired) electrons. The zero-order valence-electron chi connectivity index (χ0n) is 15.7. The minimum Gasteiger partial charge on any atom is -0.495 e. The Bertz CT molecular complexity index is 904. The number of nitrogens with zero attached hydrogens (tertiary/aromatic N) is 4. The van der Waals surface area contributed by atoms with Crippen molar-refractivity contribution < 1.29 is 4.74 Å². The van der Waals surface area contributed by atoms with E-state index in [4.69, 9.17) is 9.72 Å². The standard InChI is InChI=1S/C21H26N4O/c1-16-14-24(20-9-4-5-10-21(20)26-3)13-12-23(16)15-18-19-8-6-7-11-25(19)17(2)22-18/h4-11,16H,12-15H2,1-3H3/t16-/m1/s1. The van der Waals surface area contributed by atoms with Crippen LogP contribution in [-0.2, 0) is 6.54 Å². The summed E-state index contributed by atoms with van der Waals surface area (Å²) in [7, 11) is 1.74. The summed E-state index contributed by atoms with van der Waals surface area (Å²) in [5.74, 6) is 2.00. The average Bonchev–Trinajstić information content (AvgIpc) is 2.99. The van der Waals surface area contributed by atoms with Crippen LogP contribution in [0.1, 0.15) is 18.4 Å². The smallest absolute Gasteiger partial charge is 0.142 e. The van der Waals surface area contributed by atoms with E-state index in [1.807, 2.05) is 12.1 Å². The second-order valence-corrected chi connectivity index (χ2v) is 7.00. The van der Waals surface area contributed by atoms with Gasteiger partial charge in [0.05, 0.1) is 24.0 Å². The van der Waals surface area contributed by atoms with Crippen LogP contribution in [0.3, 0.4) is 0 Å². The van der Waals surface area contributed by atoms with E-state index in [9.17, 15) is 0 Å². The van der Waals surface area contributed by atoms with Crippen molar-refractivity contribution in [2.45, 2.75) is 26.4 Å². The molecule has 26 heavy (non-hydrogen) atoms. The van der Waals surface area contributed by atoms with Crippen molar-refractivity contribution in [3.05, 3.63) is 60.2 Å². The van der Waals surface area contributed by atoms with Gasteiger partial charge in [-0.3, -0.25) is 4.90 Å². The third kappa shape index (κ3) is 3.03. The SMILES string of the molecule is COc1ccccc1N1CCN(Cc2nc(C)n3ccccc23)[C@H](C)C1. The normalized spacial score (nSPS) is 18.4. The maximum Gasteiger partial charge on any atom is 0.142 e. The number of pyridine rings is 1. The number of imidazole rings is 1. The third-order valence-electron chi connectivity index (χ3n) is 5.34. The lowest BCUT2D eigenvalue weighted by Gasteiger charge is -2.41. The molecule has 3 heterocycles. The van der Waals surface area contributed by atoms with Crippen LogP contribution < -0.4 is 9.64 Å². The Kier molecular flexibility index (Phi) is 4.55. The number of hydrogen-bond acceptors (Lipinski definition) is 4.